The zero-order chi connectivity index (χ0) is 13.7. The van der Waals surface area contributed by atoms with Gasteiger partial charge in [0.15, 0.2) is 0 Å². The molecule has 2 rings (SSSR count). The van der Waals surface area contributed by atoms with Crippen LogP contribution in [-0.2, 0) is 11.2 Å². The lowest BCUT2D eigenvalue weighted by molar-refractivity contribution is -0.138. The number of aliphatic carboxylic acids is 1. The maximum absolute atomic E-state index is 11.9. The summed E-state index contributed by atoms with van der Waals surface area (Å²) in [5, 5.41) is 15.7. The van der Waals surface area contributed by atoms with Crippen LogP contribution in [0.2, 0.25) is 0 Å². The third kappa shape index (κ3) is 4.24. The Morgan fingerprint density at radius 1 is 1.53 bits per heavy atom. The lowest BCUT2D eigenvalue weighted by Crippen LogP contribution is -2.39. The van der Waals surface area contributed by atoms with Gasteiger partial charge in [-0.05, 0) is 41.1 Å². The first-order valence-electron chi connectivity index (χ1n) is 6.41. The molecule has 0 aliphatic carbocycles. The first kappa shape index (κ1) is 13.9. The summed E-state index contributed by atoms with van der Waals surface area (Å²) in [5.41, 5.74) is 1.23. The van der Waals surface area contributed by atoms with Gasteiger partial charge >= 0.3 is 12.0 Å². The van der Waals surface area contributed by atoms with Gasteiger partial charge in [-0.1, -0.05) is 0 Å². The Labute approximate surface area is 116 Å². The van der Waals surface area contributed by atoms with Crippen LogP contribution in [0, 0.1) is 5.92 Å². The van der Waals surface area contributed by atoms with Gasteiger partial charge < -0.3 is 15.3 Å². The van der Waals surface area contributed by atoms with Crippen LogP contribution in [0.15, 0.2) is 16.8 Å². The molecule has 2 amide bonds. The molecule has 1 fully saturated rings. The predicted octanol–water partition coefficient (Wildman–Crippen LogP) is 1.80. The van der Waals surface area contributed by atoms with E-state index in [4.69, 9.17) is 5.11 Å². The fourth-order valence-corrected chi connectivity index (χ4v) is 2.99. The van der Waals surface area contributed by atoms with E-state index in [9.17, 15) is 9.59 Å². The van der Waals surface area contributed by atoms with E-state index in [1.54, 1.807) is 16.2 Å². The van der Waals surface area contributed by atoms with E-state index >= 15 is 0 Å². The highest BCUT2D eigenvalue weighted by Crippen LogP contribution is 2.19. The van der Waals surface area contributed by atoms with Gasteiger partial charge in [0.05, 0.1) is 0 Å². The zero-order valence-corrected chi connectivity index (χ0v) is 11.5. The van der Waals surface area contributed by atoms with Crippen LogP contribution in [0.4, 0.5) is 4.79 Å². The van der Waals surface area contributed by atoms with Gasteiger partial charge in [-0.2, -0.15) is 11.3 Å². The first-order chi connectivity index (χ1) is 9.15. The summed E-state index contributed by atoms with van der Waals surface area (Å²) in [5.74, 6) is -0.690. The average Bonchev–Trinajstić information content (AvgIpc) is 2.99. The SMILES string of the molecule is O=C(O)CC1CCN(C(=O)NCCc2ccsc2)C1. The van der Waals surface area contributed by atoms with Gasteiger partial charge in [-0.15, -0.1) is 0 Å². The third-order valence-electron chi connectivity index (χ3n) is 3.31. The zero-order valence-electron chi connectivity index (χ0n) is 10.7. The van der Waals surface area contributed by atoms with Crippen molar-refractivity contribution < 1.29 is 14.7 Å². The number of hydrogen-bond donors (Lipinski definition) is 2. The topological polar surface area (TPSA) is 69.6 Å². The van der Waals surface area contributed by atoms with Crippen molar-refractivity contribution in [1.29, 1.82) is 0 Å². The number of nitrogens with one attached hydrogen (secondary N) is 1. The molecule has 104 valence electrons. The smallest absolute Gasteiger partial charge is 0.317 e. The summed E-state index contributed by atoms with van der Waals surface area (Å²) in [4.78, 5) is 24.2. The fourth-order valence-electron chi connectivity index (χ4n) is 2.29. The molecule has 19 heavy (non-hydrogen) atoms. The van der Waals surface area contributed by atoms with Gasteiger partial charge in [0, 0.05) is 26.1 Å². The largest absolute Gasteiger partial charge is 0.481 e. The minimum Gasteiger partial charge on any atom is -0.481 e. The Morgan fingerprint density at radius 3 is 3.05 bits per heavy atom. The van der Waals surface area contributed by atoms with E-state index in [-0.39, 0.29) is 18.4 Å². The van der Waals surface area contributed by atoms with Crippen molar-refractivity contribution in [2.24, 2.45) is 5.92 Å². The molecule has 1 atom stereocenters. The average molecular weight is 282 g/mol. The van der Waals surface area contributed by atoms with Crippen LogP contribution in [0.25, 0.3) is 0 Å². The van der Waals surface area contributed by atoms with Crippen molar-refractivity contribution in [2.75, 3.05) is 19.6 Å². The van der Waals surface area contributed by atoms with Gasteiger partial charge in [0.25, 0.3) is 0 Å². The predicted molar refractivity (Wildman–Crippen MR) is 73.4 cm³/mol. The summed E-state index contributed by atoms with van der Waals surface area (Å²) in [6.07, 6.45) is 1.77. The third-order valence-corrected chi connectivity index (χ3v) is 4.04. The Hall–Kier alpha value is -1.56. The van der Waals surface area contributed by atoms with Crippen LogP contribution in [-0.4, -0.2) is 41.6 Å². The summed E-state index contributed by atoms with van der Waals surface area (Å²) in [6.45, 7) is 1.83. The van der Waals surface area contributed by atoms with E-state index in [1.165, 1.54) is 5.56 Å². The molecule has 0 radical (unpaired) electrons. The Balaban J connectivity index is 1.68. The lowest BCUT2D eigenvalue weighted by Gasteiger charge is -2.17. The highest BCUT2D eigenvalue weighted by Gasteiger charge is 2.27. The number of amides is 2. The van der Waals surface area contributed by atoms with Crippen molar-refractivity contribution in [3.8, 4) is 0 Å². The second-order valence-electron chi connectivity index (χ2n) is 4.81. The molecule has 5 nitrogen and oxygen atoms in total. The first-order valence-corrected chi connectivity index (χ1v) is 7.35. The lowest BCUT2D eigenvalue weighted by atomic mass is 10.1. The number of carbonyl (C=O) groups is 2. The van der Waals surface area contributed by atoms with Gasteiger partial charge in [-0.25, -0.2) is 4.79 Å². The molecule has 1 aromatic heterocycles. The molecule has 2 heterocycles. The van der Waals surface area contributed by atoms with Gasteiger partial charge in [-0.3, -0.25) is 4.79 Å². The van der Waals surface area contributed by atoms with Crippen molar-refractivity contribution in [3.63, 3.8) is 0 Å². The number of hydrogen-bond acceptors (Lipinski definition) is 3. The molecule has 6 heteroatoms. The molecule has 1 aromatic rings. The molecule has 1 aliphatic heterocycles. The highest BCUT2D eigenvalue weighted by molar-refractivity contribution is 7.07. The quantitative estimate of drug-likeness (QED) is 0.865. The fraction of sp³-hybridized carbons (Fsp3) is 0.538. The number of carboxylic acid groups (broad SMARTS) is 1. The molecule has 0 bridgehead atoms. The molecule has 0 saturated carbocycles. The van der Waals surface area contributed by atoms with Crippen molar-refractivity contribution in [3.05, 3.63) is 22.4 Å². The van der Waals surface area contributed by atoms with Crippen LogP contribution in [0.1, 0.15) is 18.4 Å². The summed E-state index contributed by atoms with van der Waals surface area (Å²) in [6, 6.07) is 1.97. The molecule has 1 saturated heterocycles. The standard InChI is InChI=1S/C13H18N2O3S/c16-12(17)7-11-2-5-15(8-11)13(18)14-4-1-10-3-6-19-9-10/h3,6,9,11H,1-2,4-5,7-8H2,(H,14,18)(H,16,17). The second-order valence-corrected chi connectivity index (χ2v) is 5.59. The molecule has 1 aliphatic rings. The summed E-state index contributed by atoms with van der Waals surface area (Å²) >= 11 is 1.65. The minimum absolute atomic E-state index is 0.0804. The molecular formula is C13H18N2O3S. The second kappa shape index (κ2) is 6.56. The van der Waals surface area contributed by atoms with E-state index in [0.717, 1.165) is 12.8 Å². The van der Waals surface area contributed by atoms with Crippen LogP contribution in [0.5, 0.6) is 0 Å². The highest BCUT2D eigenvalue weighted by atomic mass is 32.1. The van der Waals surface area contributed by atoms with E-state index < -0.39 is 5.97 Å². The van der Waals surface area contributed by atoms with Crippen molar-refractivity contribution in [2.45, 2.75) is 19.3 Å². The number of carbonyl (C=O) groups excluding carboxylic acids is 1. The molecule has 1 unspecified atom stereocenters. The monoisotopic (exact) mass is 282 g/mol. The number of urea groups is 1. The minimum atomic E-state index is -0.787. The molecule has 2 N–H and O–H groups in total. The van der Waals surface area contributed by atoms with E-state index in [2.05, 4.69) is 16.8 Å². The van der Waals surface area contributed by atoms with E-state index in [0.29, 0.717) is 19.6 Å². The Bertz CT molecular complexity index is 433. The maximum atomic E-state index is 11.9. The van der Waals surface area contributed by atoms with Crippen LogP contribution in [0.3, 0.4) is 0 Å². The Kier molecular flexibility index (Phi) is 4.79. The van der Waals surface area contributed by atoms with Crippen molar-refractivity contribution in [1.82, 2.24) is 10.2 Å². The number of thiophene rings is 1. The maximum Gasteiger partial charge on any atom is 0.317 e. The molecular weight excluding hydrogens is 264 g/mol. The van der Waals surface area contributed by atoms with Crippen LogP contribution >= 0.6 is 11.3 Å². The number of rotatable bonds is 5. The Morgan fingerprint density at radius 2 is 2.37 bits per heavy atom. The van der Waals surface area contributed by atoms with E-state index in [1.807, 2.05) is 5.38 Å². The van der Waals surface area contributed by atoms with Crippen LogP contribution < -0.4 is 5.32 Å². The van der Waals surface area contributed by atoms with Gasteiger partial charge in [0.1, 0.15) is 0 Å². The van der Waals surface area contributed by atoms with Crippen molar-refractivity contribution >= 4 is 23.3 Å². The normalized spacial score (nSPS) is 18.5. The number of carboxylic acids is 1. The summed E-state index contributed by atoms with van der Waals surface area (Å²) in [7, 11) is 0. The number of likely N-dealkylation sites (tertiary alicyclic amines) is 1. The number of nitrogens with zero attached hydrogens (tertiary/aromatic N) is 1. The van der Waals surface area contributed by atoms with Gasteiger partial charge in [0.2, 0.25) is 0 Å². The molecule has 0 spiro atoms. The molecule has 0 aromatic carbocycles. The summed E-state index contributed by atoms with van der Waals surface area (Å²) < 4.78 is 0.